The summed E-state index contributed by atoms with van der Waals surface area (Å²) in [5, 5.41) is 2.89. The maximum atomic E-state index is 13.2. The topological polar surface area (TPSA) is 98.7 Å². The molecule has 10 heteroatoms. The predicted octanol–water partition coefficient (Wildman–Crippen LogP) is 2.42. The summed E-state index contributed by atoms with van der Waals surface area (Å²) in [5.41, 5.74) is 1.72. The zero-order valence-corrected chi connectivity index (χ0v) is 20.0. The molecule has 9 nitrogen and oxygen atoms in total. The third-order valence-electron chi connectivity index (χ3n) is 6.39. The SMILES string of the molecule is CN1CCN(S(=O)(=O)c2cccc(C(=O)Nc3nc4ccccc4nc3N3CCCC3)c2)CC1. The summed E-state index contributed by atoms with van der Waals surface area (Å²) in [5.74, 6) is 0.615. The number of para-hydroxylation sites is 2. The minimum absolute atomic E-state index is 0.120. The van der Waals surface area contributed by atoms with Gasteiger partial charge in [0.25, 0.3) is 5.91 Å². The second-order valence-corrected chi connectivity index (χ2v) is 10.7. The molecule has 0 saturated carbocycles. The van der Waals surface area contributed by atoms with E-state index < -0.39 is 15.9 Å². The van der Waals surface area contributed by atoms with Gasteiger partial charge in [-0.1, -0.05) is 18.2 Å². The molecule has 0 radical (unpaired) electrons. The zero-order chi connectivity index (χ0) is 23.7. The number of rotatable bonds is 5. The number of hydrogen-bond donors (Lipinski definition) is 1. The Labute approximate surface area is 199 Å². The van der Waals surface area contributed by atoms with Crippen molar-refractivity contribution in [2.45, 2.75) is 17.7 Å². The Balaban J connectivity index is 1.43. The van der Waals surface area contributed by atoms with E-state index in [2.05, 4.69) is 20.1 Å². The van der Waals surface area contributed by atoms with Crippen LogP contribution in [0.2, 0.25) is 0 Å². The lowest BCUT2D eigenvalue weighted by Gasteiger charge is -2.31. The van der Waals surface area contributed by atoms with Gasteiger partial charge in [0, 0.05) is 44.8 Å². The molecule has 3 aromatic rings. The van der Waals surface area contributed by atoms with Gasteiger partial charge in [-0.2, -0.15) is 4.31 Å². The molecule has 0 spiro atoms. The molecule has 0 bridgehead atoms. The minimum atomic E-state index is -3.67. The summed E-state index contributed by atoms with van der Waals surface area (Å²) in [7, 11) is -1.70. The van der Waals surface area contributed by atoms with Crippen molar-refractivity contribution in [2.75, 3.05) is 56.5 Å². The lowest BCUT2D eigenvalue weighted by atomic mass is 10.2. The first-order valence-electron chi connectivity index (χ1n) is 11.5. The van der Waals surface area contributed by atoms with Gasteiger partial charge in [0.1, 0.15) is 0 Å². The fraction of sp³-hybridized carbons (Fsp3) is 0.375. The third-order valence-corrected chi connectivity index (χ3v) is 8.28. The van der Waals surface area contributed by atoms with Gasteiger partial charge in [-0.25, -0.2) is 18.4 Å². The van der Waals surface area contributed by atoms with Crippen molar-refractivity contribution < 1.29 is 13.2 Å². The molecule has 0 aliphatic carbocycles. The number of benzene rings is 2. The van der Waals surface area contributed by atoms with E-state index in [9.17, 15) is 13.2 Å². The van der Waals surface area contributed by atoms with E-state index in [-0.39, 0.29) is 10.5 Å². The third kappa shape index (κ3) is 4.48. The van der Waals surface area contributed by atoms with Gasteiger partial charge in [0.15, 0.2) is 11.6 Å². The van der Waals surface area contributed by atoms with Gasteiger partial charge in [0.2, 0.25) is 10.0 Å². The molecule has 0 unspecified atom stereocenters. The summed E-state index contributed by atoms with van der Waals surface area (Å²) < 4.78 is 27.8. The van der Waals surface area contributed by atoms with Crippen molar-refractivity contribution in [3.8, 4) is 0 Å². The van der Waals surface area contributed by atoms with Crippen LogP contribution < -0.4 is 10.2 Å². The second kappa shape index (κ2) is 9.28. The molecule has 2 fully saturated rings. The van der Waals surface area contributed by atoms with Gasteiger partial charge in [-0.3, -0.25) is 4.79 Å². The first-order valence-corrected chi connectivity index (χ1v) is 13.0. The van der Waals surface area contributed by atoms with Crippen LogP contribution in [0.4, 0.5) is 11.6 Å². The first kappa shape index (κ1) is 22.7. The van der Waals surface area contributed by atoms with Crippen LogP contribution in [0, 0.1) is 0 Å². The van der Waals surface area contributed by atoms with Gasteiger partial charge in [-0.05, 0) is 50.2 Å². The van der Waals surface area contributed by atoms with Crippen molar-refractivity contribution in [1.29, 1.82) is 0 Å². The van der Waals surface area contributed by atoms with Crippen molar-refractivity contribution in [3.63, 3.8) is 0 Å². The van der Waals surface area contributed by atoms with Gasteiger partial charge in [0.05, 0.1) is 15.9 Å². The quantitative estimate of drug-likeness (QED) is 0.599. The molecule has 34 heavy (non-hydrogen) atoms. The lowest BCUT2D eigenvalue weighted by molar-refractivity contribution is 0.102. The zero-order valence-electron chi connectivity index (χ0n) is 19.1. The second-order valence-electron chi connectivity index (χ2n) is 8.77. The first-order chi connectivity index (χ1) is 16.4. The number of amides is 1. The summed E-state index contributed by atoms with van der Waals surface area (Å²) >= 11 is 0. The molecule has 178 valence electrons. The van der Waals surface area contributed by atoms with E-state index in [1.165, 1.54) is 16.4 Å². The average Bonchev–Trinajstić information content (AvgIpc) is 3.39. The van der Waals surface area contributed by atoms with Crippen LogP contribution in [0.5, 0.6) is 0 Å². The van der Waals surface area contributed by atoms with Crippen LogP contribution in [0.1, 0.15) is 23.2 Å². The Morgan fingerprint density at radius 1 is 0.882 bits per heavy atom. The number of nitrogens with zero attached hydrogens (tertiary/aromatic N) is 5. The van der Waals surface area contributed by atoms with E-state index in [4.69, 9.17) is 4.98 Å². The molecular formula is C24H28N6O3S. The molecule has 3 heterocycles. The number of carbonyl (C=O) groups is 1. The van der Waals surface area contributed by atoms with E-state index in [0.29, 0.717) is 43.3 Å². The molecule has 1 N–H and O–H groups in total. The fourth-order valence-electron chi connectivity index (χ4n) is 4.38. The molecule has 2 aliphatic rings. The molecule has 1 amide bonds. The minimum Gasteiger partial charge on any atom is -0.354 e. The number of aromatic nitrogens is 2. The summed E-state index contributed by atoms with van der Waals surface area (Å²) in [4.78, 5) is 27.0. The number of anilines is 2. The fourth-order valence-corrected chi connectivity index (χ4v) is 5.85. The molecule has 2 aliphatic heterocycles. The van der Waals surface area contributed by atoms with E-state index >= 15 is 0 Å². The van der Waals surface area contributed by atoms with Gasteiger partial charge in [-0.15, -0.1) is 0 Å². The van der Waals surface area contributed by atoms with Crippen LogP contribution >= 0.6 is 0 Å². The Morgan fingerprint density at radius 2 is 1.56 bits per heavy atom. The van der Waals surface area contributed by atoms with Crippen molar-refractivity contribution >= 4 is 38.6 Å². The summed E-state index contributed by atoms with van der Waals surface area (Å²) in [6, 6.07) is 13.7. The highest BCUT2D eigenvalue weighted by molar-refractivity contribution is 7.89. The van der Waals surface area contributed by atoms with Crippen molar-refractivity contribution in [1.82, 2.24) is 19.2 Å². The maximum Gasteiger partial charge on any atom is 0.256 e. The average molecular weight is 481 g/mol. The van der Waals surface area contributed by atoms with E-state index in [0.717, 1.165) is 31.4 Å². The highest BCUT2D eigenvalue weighted by Gasteiger charge is 2.28. The Hall–Kier alpha value is -3.08. The van der Waals surface area contributed by atoms with Crippen LogP contribution in [0.25, 0.3) is 11.0 Å². The van der Waals surface area contributed by atoms with Crippen LogP contribution in [-0.4, -0.2) is 79.8 Å². The molecular weight excluding hydrogens is 452 g/mol. The van der Waals surface area contributed by atoms with E-state index in [1.807, 2.05) is 31.3 Å². The van der Waals surface area contributed by atoms with Crippen LogP contribution in [0.3, 0.4) is 0 Å². The number of likely N-dealkylation sites (N-methyl/N-ethyl adjacent to an activating group) is 1. The normalized spacial score (nSPS) is 17.9. The summed E-state index contributed by atoms with van der Waals surface area (Å²) in [6.45, 7) is 3.93. The maximum absolute atomic E-state index is 13.2. The van der Waals surface area contributed by atoms with Gasteiger partial charge < -0.3 is 15.1 Å². The molecule has 5 rings (SSSR count). The largest absolute Gasteiger partial charge is 0.354 e. The number of piperazine rings is 1. The number of sulfonamides is 1. The van der Waals surface area contributed by atoms with Crippen LogP contribution in [0.15, 0.2) is 53.4 Å². The van der Waals surface area contributed by atoms with Crippen molar-refractivity contribution in [3.05, 3.63) is 54.1 Å². The highest BCUT2D eigenvalue weighted by Crippen LogP contribution is 2.28. The Morgan fingerprint density at radius 3 is 2.26 bits per heavy atom. The number of hydrogen-bond acceptors (Lipinski definition) is 7. The molecule has 0 atom stereocenters. The lowest BCUT2D eigenvalue weighted by Crippen LogP contribution is -2.47. The van der Waals surface area contributed by atoms with E-state index in [1.54, 1.807) is 12.1 Å². The smallest absolute Gasteiger partial charge is 0.256 e. The Bertz CT molecular complexity index is 1320. The molecule has 2 aromatic carbocycles. The number of fused-ring (bicyclic) bond motifs is 1. The highest BCUT2D eigenvalue weighted by atomic mass is 32.2. The van der Waals surface area contributed by atoms with Gasteiger partial charge >= 0.3 is 0 Å². The van der Waals surface area contributed by atoms with Crippen LogP contribution in [-0.2, 0) is 10.0 Å². The molecule has 2 saturated heterocycles. The molecule has 1 aromatic heterocycles. The standard InChI is InChI=1S/C24H28N6O3S/c1-28-13-15-30(16-14-28)34(32,33)19-8-6-7-18(17-19)24(31)27-22-23(29-11-4-5-12-29)26-21-10-3-2-9-20(21)25-22/h2-3,6-10,17H,4-5,11-16H2,1H3,(H,25,27,31). The summed E-state index contributed by atoms with van der Waals surface area (Å²) in [6.07, 6.45) is 2.13. The monoisotopic (exact) mass is 480 g/mol. The number of carbonyl (C=O) groups excluding carboxylic acids is 1. The number of nitrogens with one attached hydrogen (secondary N) is 1. The predicted molar refractivity (Wildman–Crippen MR) is 132 cm³/mol. The Kier molecular flexibility index (Phi) is 6.20. The van der Waals surface area contributed by atoms with Crippen molar-refractivity contribution in [2.24, 2.45) is 0 Å².